The lowest BCUT2D eigenvalue weighted by atomic mass is 9.91. The fourth-order valence-corrected chi connectivity index (χ4v) is 22.0. The van der Waals surface area contributed by atoms with Gasteiger partial charge in [-0.15, -0.1) is 0 Å². The number of rotatable bonds is 36. The van der Waals surface area contributed by atoms with Crippen molar-refractivity contribution in [1.29, 1.82) is 0 Å². The third-order valence-corrected chi connectivity index (χ3v) is 26.9. The highest BCUT2D eigenvalue weighted by Gasteiger charge is 2.45. The van der Waals surface area contributed by atoms with Crippen molar-refractivity contribution in [2.45, 2.75) is 259 Å². The van der Waals surface area contributed by atoms with Crippen LogP contribution in [0.1, 0.15) is 234 Å². The van der Waals surface area contributed by atoms with Crippen molar-refractivity contribution in [3.63, 3.8) is 0 Å². The number of ether oxygens (including phenoxy) is 2. The zero-order valence-corrected chi connectivity index (χ0v) is 45.7. The second-order valence-corrected chi connectivity index (χ2v) is 32.1. The minimum atomic E-state index is -1.71. The van der Waals surface area contributed by atoms with Crippen molar-refractivity contribution in [3.05, 3.63) is 58.7 Å². The van der Waals surface area contributed by atoms with E-state index in [-0.39, 0.29) is 5.92 Å². The van der Waals surface area contributed by atoms with Crippen LogP contribution in [-0.4, -0.2) is 43.1 Å². The van der Waals surface area contributed by atoms with E-state index < -0.39 is 16.6 Å². The maximum Gasteiger partial charge on any atom is 0.200 e. The van der Waals surface area contributed by atoms with Crippen LogP contribution in [0.15, 0.2) is 36.4 Å². The molecule has 0 N–H and O–H groups in total. The summed E-state index contributed by atoms with van der Waals surface area (Å²) in [5.41, 5.74) is 9.08. The van der Waals surface area contributed by atoms with Gasteiger partial charge in [0.2, 0.25) is 0 Å². The van der Waals surface area contributed by atoms with Gasteiger partial charge in [0.1, 0.15) is 11.5 Å². The van der Waals surface area contributed by atoms with Crippen LogP contribution >= 0.6 is 0 Å². The molecule has 2 aromatic carbocycles. The SMILES string of the molecule is Cc1ccc(C(C)c2ccc(C)c(OCCCCCCCCCCCO[Si](C(C)C)(C(C)C)C(C)C)c2)cc1OCCCCCCCCCCCO[Si](C(C)C)(C(C)C)C(C)C. The normalized spacial score (nSPS) is 12.7. The maximum absolute atomic E-state index is 6.75. The summed E-state index contributed by atoms with van der Waals surface area (Å²) >= 11 is 0. The van der Waals surface area contributed by atoms with Crippen LogP contribution in [0.25, 0.3) is 0 Å². The van der Waals surface area contributed by atoms with Gasteiger partial charge in [0.15, 0.2) is 16.6 Å². The summed E-state index contributed by atoms with van der Waals surface area (Å²) in [6.07, 6.45) is 23.2. The Labute approximate surface area is 388 Å². The highest BCUT2D eigenvalue weighted by molar-refractivity contribution is 6.78. The number of unbranched alkanes of at least 4 members (excludes halogenated alkanes) is 16. The summed E-state index contributed by atoms with van der Waals surface area (Å²) in [6, 6.07) is 13.5. The van der Waals surface area contributed by atoms with Gasteiger partial charge in [-0.1, -0.05) is 204 Å². The average Bonchev–Trinajstić information content (AvgIpc) is 3.21. The Kier molecular flexibility index (Phi) is 27.9. The van der Waals surface area contributed by atoms with Gasteiger partial charge in [0.25, 0.3) is 0 Å². The molecule has 0 aromatic heterocycles. The van der Waals surface area contributed by atoms with Gasteiger partial charge in [-0.3, -0.25) is 0 Å². The molecular weight excluding hydrogens is 793 g/mol. The lowest BCUT2D eigenvalue weighted by molar-refractivity contribution is 0.267. The molecule has 2 rings (SSSR count). The van der Waals surface area contributed by atoms with E-state index in [1.54, 1.807) is 0 Å². The van der Waals surface area contributed by atoms with Gasteiger partial charge in [-0.05, 0) is 107 Å². The Balaban J connectivity index is 1.62. The van der Waals surface area contributed by atoms with E-state index in [1.165, 1.54) is 125 Å². The standard InChI is InChI=1S/C56H102O4Si2/c1-44(2)61(45(3)4,46(5)6)59-40-32-28-24-20-16-18-22-26-30-38-57-55-42-53(36-34-50(55)13)52(15)54-37-35-51(14)56(43-54)58-39-31-27-23-19-17-21-25-29-33-41-60-62(47(7)8,48(9)10)49(11)12/h34-37,42-49,52H,16-33,38-41H2,1-15H3. The molecule has 0 fully saturated rings. The predicted octanol–water partition coefficient (Wildman–Crippen LogP) is 18.6. The van der Waals surface area contributed by atoms with Gasteiger partial charge in [-0.25, -0.2) is 0 Å². The van der Waals surface area contributed by atoms with Crippen LogP contribution in [0.3, 0.4) is 0 Å². The molecule has 0 saturated carbocycles. The molecule has 0 saturated heterocycles. The highest BCUT2D eigenvalue weighted by Crippen LogP contribution is 2.43. The van der Waals surface area contributed by atoms with Crippen LogP contribution in [0.5, 0.6) is 11.5 Å². The first-order chi connectivity index (χ1) is 29.5. The minimum absolute atomic E-state index is 0.270. The second kappa shape index (κ2) is 30.6. The summed E-state index contributed by atoms with van der Waals surface area (Å²) in [5.74, 6) is 2.33. The minimum Gasteiger partial charge on any atom is -0.493 e. The van der Waals surface area contributed by atoms with Crippen molar-refractivity contribution in [3.8, 4) is 11.5 Å². The summed E-state index contributed by atoms with van der Waals surface area (Å²) in [6.45, 7) is 38.8. The summed E-state index contributed by atoms with van der Waals surface area (Å²) in [5, 5.41) is 0. The molecule has 62 heavy (non-hydrogen) atoms. The first kappa shape index (κ1) is 56.5. The third-order valence-electron chi connectivity index (χ3n) is 14.6. The van der Waals surface area contributed by atoms with Crippen molar-refractivity contribution in [1.82, 2.24) is 0 Å². The summed E-state index contributed by atoms with van der Waals surface area (Å²) in [7, 11) is -3.42. The van der Waals surface area contributed by atoms with Gasteiger partial charge < -0.3 is 18.3 Å². The molecule has 358 valence electrons. The molecule has 0 aliphatic rings. The lowest BCUT2D eigenvalue weighted by Crippen LogP contribution is -2.47. The van der Waals surface area contributed by atoms with Crippen LogP contribution < -0.4 is 9.47 Å². The Morgan fingerprint density at radius 3 is 0.839 bits per heavy atom. The molecule has 6 heteroatoms. The zero-order valence-electron chi connectivity index (χ0n) is 43.7. The molecule has 4 nitrogen and oxygen atoms in total. The lowest BCUT2D eigenvalue weighted by Gasteiger charge is -2.42. The molecule has 0 spiro atoms. The third kappa shape index (κ3) is 18.3. The molecule has 0 heterocycles. The molecule has 0 amide bonds. The largest absolute Gasteiger partial charge is 0.493 e. The van der Waals surface area contributed by atoms with Crippen LogP contribution in [0.2, 0.25) is 33.2 Å². The van der Waals surface area contributed by atoms with E-state index in [1.807, 2.05) is 0 Å². The van der Waals surface area contributed by atoms with Gasteiger partial charge in [0, 0.05) is 19.1 Å². The molecule has 0 atom stereocenters. The molecule has 2 aromatic rings. The van der Waals surface area contributed by atoms with Gasteiger partial charge in [-0.2, -0.15) is 0 Å². The molecule has 0 radical (unpaired) electrons. The van der Waals surface area contributed by atoms with Crippen LogP contribution in [0, 0.1) is 13.8 Å². The Hall–Kier alpha value is -1.61. The van der Waals surface area contributed by atoms with Gasteiger partial charge >= 0.3 is 0 Å². The molecule has 0 unspecified atom stereocenters. The summed E-state index contributed by atoms with van der Waals surface area (Å²) in [4.78, 5) is 0. The molecular formula is C56H102O4Si2. The van der Waals surface area contributed by atoms with Crippen molar-refractivity contribution < 1.29 is 18.3 Å². The monoisotopic (exact) mass is 895 g/mol. The van der Waals surface area contributed by atoms with E-state index >= 15 is 0 Å². The summed E-state index contributed by atoms with van der Waals surface area (Å²) < 4.78 is 26.3. The van der Waals surface area contributed by atoms with E-state index in [2.05, 4.69) is 140 Å². The smallest absolute Gasteiger partial charge is 0.200 e. The first-order valence-electron chi connectivity index (χ1n) is 26.3. The Morgan fingerprint density at radius 2 is 0.581 bits per heavy atom. The van der Waals surface area contributed by atoms with Crippen molar-refractivity contribution >= 4 is 16.6 Å². The van der Waals surface area contributed by atoms with Gasteiger partial charge in [0.05, 0.1) is 13.2 Å². The topological polar surface area (TPSA) is 36.9 Å². The van der Waals surface area contributed by atoms with E-state index in [0.29, 0.717) is 33.2 Å². The van der Waals surface area contributed by atoms with Crippen LogP contribution in [0.4, 0.5) is 0 Å². The molecule has 0 aliphatic heterocycles. The van der Waals surface area contributed by atoms with E-state index in [9.17, 15) is 0 Å². The molecule has 0 aliphatic carbocycles. The van der Waals surface area contributed by atoms with Crippen molar-refractivity contribution in [2.75, 3.05) is 26.4 Å². The van der Waals surface area contributed by atoms with E-state index in [4.69, 9.17) is 18.3 Å². The fraction of sp³-hybridized carbons (Fsp3) is 0.786. The zero-order chi connectivity index (χ0) is 46.1. The average molecular weight is 896 g/mol. The Bertz CT molecular complexity index is 1300. The first-order valence-corrected chi connectivity index (χ1v) is 30.5. The van der Waals surface area contributed by atoms with E-state index in [0.717, 1.165) is 50.8 Å². The maximum atomic E-state index is 6.75. The second-order valence-electron chi connectivity index (χ2n) is 21.2. The fourth-order valence-electron chi connectivity index (χ4n) is 11.0. The number of benzene rings is 2. The van der Waals surface area contributed by atoms with Crippen LogP contribution in [-0.2, 0) is 8.85 Å². The number of aryl methyl sites for hydroxylation is 2. The highest BCUT2D eigenvalue weighted by atomic mass is 28.4. The quantitative estimate of drug-likeness (QED) is 0.0504. The van der Waals surface area contributed by atoms with Crippen molar-refractivity contribution in [2.24, 2.45) is 0 Å². The Morgan fingerprint density at radius 1 is 0.339 bits per heavy atom. The molecule has 0 bridgehead atoms. The number of hydrogen-bond acceptors (Lipinski definition) is 4. The number of hydrogen-bond donors (Lipinski definition) is 0. The predicted molar refractivity (Wildman–Crippen MR) is 278 cm³/mol.